The molecule has 1 amide bonds. The number of rotatable bonds is 6. The molecule has 7 nitrogen and oxygen atoms in total. The molecule has 2 aromatic rings. The zero-order valence-electron chi connectivity index (χ0n) is 18.5. The van der Waals surface area contributed by atoms with Crippen molar-refractivity contribution in [1.82, 2.24) is 14.1 Å². The molecule has 4 rings (SSSR count). The van der Waals surface area contributed by atoms with E-state index in [2.05, 4.69) is 29.2 Å². The fourth-order valence-electron chi connectivity index (χ4n) is 4.47. The van der Waals surface area contributed by atoms with Crippen LogP contribution in [-0.2, 0) is 21.4 Å². The normalized spacial score (nSPS) is 19.1. The van der Waals surface area contributed by atoms with Gasteiger partial charge in [-0.1, -0.05) is 30.3 Å². The van der Waals surface area contributed by atoms with Gasteiger partial charge in [0.2, 0.25) is 15.9 Å². The van der Waals surface area contributed by atoms with E-state index in [0.717, 1.165) is 32.7 Å². The lowest BCUT2D eigenvalue weighted by atomic mass is 9.96. The predicted octanol–water partition coefficient (Wildman–Crippen LogP) is 2.44. The lowest BCUT2D eigenvalue weighted by Crippen LogP contribution is -2.51. The number of carbonyl (C=O) groups is 1. The molecule has 172 valence electrons. The highest BCUT2D eigenvalue weighted by atomic mass is 32.2. The molecule has 32 heavy (non-hydrogen) atoms. The molecule has 0 radical (unpaired) electrons. The molecular weight excluding hydrogens is 426 g/mol. The second-order valence-electron chi connectivity index (χ2n) is 8.44. The zero-order chi connectivity index (χ0) is 22.6. The molecule has 2 fully saturated rings. The Labute approximate surface area is 190 Å². The minimum atomic E-state index is -3.55. The van der Waals surface area contributed by atoms with Crippen molar-refractivity contribution in [3.63, 3.8) is 0 Å². The van der Waals surface area contributed by atoms with Crippen LogP contribution in [0.4, 0.5) is 0 Å². The van der Waals surface area contributed by atoms with Gasteiger partial charge in [-0.2, -0.15) is 4.31 Å². The summed E-state index contributed by atoms with van der Waals surface area (Å²) >= 11 is 0. The number of ether oxygens (including phenoxy) is 1. The summed E-state index contributed by atoms with van der Waals surface area (Å²) in [6.45, 7) is 4.85. The van der Waals surface area contributed by atoms with Crippen LogP contribution in [0, 0.1) is 5.92 Å². The van der Waals surface area contributed by atoms with Gasteiger partial charge in [0.1, 0.15) is 5.75 Å². The van der Waals surface area contributed by atoms with E-state index >= 15 is 0 Å². The molecule has 0 aromatic heterocycles. The highest BCUT2D eigenvalue weighted by Crippen LogP contribution is 2.26. The number of carbonyl (C=O) groups excluding carboxylic acids is 1. The van der Waals surface area contributed by atoms with Gasteiger partial charge in [-0.3, -0.25) is 9.69 Å². The number of nitrogens with zero attached hydrogens (tertiary/aromatic N) is 3. The van der Waals surface area contributed by atoms with Crippen LogP contribution in [0.25, 0.3) is 0 Å². The Kier molecular flexibility index (Phi) is 7.13. The van der Waals surface area contributed by atoms with Gasteiger partial charge < -0.3 is 9.64 Å². The number of methoxy groups -OCH3 is 1. The van der Waals surface area contributed by atoms with Gasteiger partial charge in [-0.05, 0) is 42.7 Å². The first kappa shape index (κ1) is 22.8. The van der Waals surface area contributed by atoms with Crippen LogP contribution in [0.1, 0.15) is 18.4 Å². The van der Waals surface area contributed by atoms with Crippen LogP contribution in [0.3, 0.4) is 0 Å². The first-order valence-corrected chi connectivity index (χ1v) is 12.6. The largest absolute Gasteiger partial charge is 0.497 e. The van der Waals surface area contributed by atoms with E-state index in [1.165, 1.54) is 9.87 Å². The number of piperidine rings is 1. The van der Waals surface area contributed by atoms with Gasteiger partial charge in [0, 0.05) is 51.7 Å². The van der Waals surface area contributed by atoms with Crippen molar-refractivity contribution in [2.45, 2.75) is 24.3 Å². The fourth-order valence-corrected chi connectivity index (χ4v) is 5.94. The van der Waals surface area contributed by atoms with Gasteiger partial charge >= 0.3 is 0 Å². The third-order valence-electron chi connectivity index (χ3n) is 6.43. The maximum Gasteiger partial charge on any atom is 0.243 e. The van der Waals surface area contributed by atoms with Crippen molar-refractivity contribution >= 4 is 15.9 Å². The fraction of sp³-hybridized carbons (Fsp3) is 0.458. The number of piperazine rings is 1. The van der Waals surface area contributed by atoms with Gasteiger partial charge in [0.15, 0.2) is 0 Å². The Morgan fingerprint density at radius 1 is 0.906 bits per heavy atom. The van der Waals surface area contributed by atoms with E-state index < -0.39 is 10.0 Å². The summed E-state index contributed by atoms with van der Waals surface area (Å²) in [6, 6.07) is 16.8. The zero-order valence-corrected chi connectivity index (χ0v) is 19.3. The molecule has 0 atom stereocenters. The van der Waals surface area contributed by atoms with Crippen molar-refractivity contribution < 1.29 is 17.9 Å². The number of sulfonamides is 1. The monoisotopic (exact) mass is 457 g/mol. The second kappa shape index (κ2) is 10.0. The Morgan fingerprint density at radius 3 is 2.12 bits per heavy atom. The number of hydrogen-bond donors (Lipinski definition) is 0. The molecule has 2 aromatic carbocycles. The van der Waals surface area contributed by atoms with Gasteiger partial charge in [0.25, 0.3) is 0 Å². The summed E-state index contributed by atoms with van der Waals surface area (Å²) in [4.78, 5) is 17.6. The standard InChI is InChI=1S/C24H31N3O4S/c1-31-22-7-9-23(10-8-22)32(29,30)27-13-11-21(12-14-27)24(28)26-17-15-25(16-18-26)19-20-5-3-2-4-6-20/h2-10,21H,11-19H2,1H3. The summed E-state index contributed by atoms with van der Waals surface area (Å²) < 4.78 is 32.5. The molecule has 2 saturated heterocycles. The summed E-state index contributed by atoms with van der Waals surface area (Å²) in [7, 11) is -2.00. The van der Waals surface area contributed by atoms with Crippen LogP contribution < -0.4 is 4.74 Å². The Morgan fingerprint density at radius 2 is 1.53 bits per heavy atom. The molecule has 0 N–H and O–H groups in total. The van der Waals surface area contributed by atoms with Gasteiger partial charge in [0.05, 0.1) is 12.0 Å². The van der Waals surface area contributed by atoms with Crippen molar-refractivity contribution in [1.29, 1.82) is 0 Å². The van der Waals surface area contributed by atoms with Crippen molar-refractivity contribution in [2.75, 3.05) is 46.4 Å². The number of benzene rings is 2. The Hall–Kier alpha value is -2.42. The minimum Gasteiger partial charge on any atom is -0.497 e. The first-order chi connectivity index (χ1) is 15.5. The predicted molar refractivity (Wildman–Crippen MR) is 123 cm³/mol. The lowest BCUT2D eigenvalue weighted by molar-refractivity contribution is -0.138. The Balaban J connectivity index is 1.27. The lowest BCUT2D eigenvalue weighted by Gasteiger charge is -2.38. The van der Waals surface area contributed by atoms with Crippen LogP contribution in [0.2, 0.25) is 0 Å². The summed E-state index contributed by atoms with van der Waals surface area (Å²) in [5.74, 6) is 0.695. The van der Waals surface area contributed by atoms with Crippen LogP contribution in [0.5, 0.6) is 5.75 Å². The highest BCUT2D eigenvalue weighted by molar-refractivity contribution is 7.89. The molecule has 0 spiro atoms. The van der Waals surface area contributed by atoms with Crippen LogP contribution in [-0.4, -0.2) is 74.8 Å². The Bertz CT molecular complexity index is 995. The van der Waals surface area contributed by atoms with E-state index in [9.17, 15) is 13.2 Å². The van der Waals surface area contributed by atoms with Crippen molar-refractivity contribution in [2.24, 2.45) is 5.92 Å². The first-order valence-electron chi connectivity index (χ1n) is 11.2. The maximum atomic E-state index is 13.0. The SMILES string of the molecule is COc1ccc(S(=O)(=O)N2CCC(C(=O)N3CCN(Cc4ccccc4)CC3)CC2)cc1. The van der Waals surface area contributed by atoms with Crippen molar-refractivity contribution in [3.05, 3.63) is 60.2 Å². The summed E-state index contributed by atoms with van der Waals surface area (Å²) in [6.07, 6.45) is 1.14. The number of hydrogen-bond acceptors (Lipinski definition) is 5. The van der Waals surface area contributed by atoms with Gasteiger partial charge in [-0.25, -0.2) is 8.42 Å². The average Bonchev–Trinajstić information content (AvgIpc) is 2.85. The molecule has 8 heteroatoms. The van der Waals surface area contributed by atoms with E-state index in [-0.39, 0.29) is 16.7 Å². The molecule has 0 saturated carbocycles. The van der Waals surface area contributed by atoms with E-state index in [0.29, 0.717) is 31.7 Å². The maximum absolute atomic E-state index is 13.0. The van der Waals surface area contributed by atoms with Crippen LogP contribution >= 0.6 is 0 Å². The van der Waals surface area contributed by atoms with E-state index in [1.54, 1.807) is 31.4 Å². The topological polar surface area (TPSA) is 70.2 Å². The highest BCUT2D eigenvalue weighted by Gasteiger charge is 2.34. The average molecular weight is 458 g/mol. The van der Waals surface area contributed by atoms with Gasteiger partial charge in [-0.15, -0.1) is 0 Å². The molecule has 0 aliphatic carbocycles. The van der Waals surface area contributed by atoms with E-state index in [1.807, 2.05) is 11.0 Å². The smallest absolute Gasteiger partial charge is 0.243 e. The second-order valence-corrected chi connectivity index (χ2v) is 10.4. The minimum absolute atomic E-state index is 0.0991. The van der Waals surface area contributed by atoms with Crippen molar-refractivity contribution in [3.8, 4) is 5.75 Å². The molecule has 0 bridgehead atoms. The molecular formula is C24H31N3O4S. The molecule has 2 aliphatic rings. The van der Waals surface area contributed by atoms with Crippen LogP contribution in [0.15, 0.2) is 59.5 Å². The third-order valence-corrected chi connectivity index (χ3v) is 8.35. The quantitative estimate of drug-likeness (QED) is 0.667. The third kappa shape index (κ3) is 5.14. The summed E-state index contributed by atoms with van der Waals surface area (Å²) in [5, 5.41) is 0. The van der Waals surface area contributed by atoms with E-state index in [4.69, 9.17) is 4.74 Å². The molecule has 2 aliphatic heterocycles. The summed E-state index contributed by atoms with van der Waals surface area (Å²) in [5.41, 5.74) is 1.29. The number of amides is 1. The molecule has 0 unspecified atom stereocenters. The molecule has 2 heterocycles.